The number of benzene rings is 1. The van der Waals surface area contributed by atoms with Crippen LogP contribution < -0.4 is 5.73 Å². The van der Waals surface area contributed by atoms with E-state index in [1.807, 2.05) is 0 Å². The first-order valence-corrected chi connectivity index (χ1v) is 10.1. The summed E-state index contributed by atoms with van der Waals surface area (Å²) < 4.78 is 11.0. The number of nitrogens with two attached hydrogens (primary N) is 1. The molecular weight excluding hydrogens is 470 g/mol. The van der Waals surface area contributed by atoms with Crippen molar-refractivity contribution in [3.63, 3.8) is 0 Å². The Morgan fingerprint density at radius 1 is 1.25 bits per heavy atom. The van der Waals surface area contributed by atoms with Gasteiger partial charge in [0.05, 0.1) is 22.6 Å². The van der Waals surface area contributed by atoms with Gasteiger partial charge in [-0.2, -0.15) is 0 Å². The summed E-state index contributed by atoms with van der Waals surface area (Å²) in [5.41, 5.74) is 6.93. The summed E-state index contributed by atoms with van der Waals surface area (Å²) in [5, 5.41) is 0.871. The molecule has 0 bridgehead atoms. The van der Waals surface area contributed by atoms with Crippen LogP contribution in [0.1, 0.15) is 38.3 Å². The second-order valence-electron chi connectivity index (χ2n) is 5.68. The van der Waals surface area contributed by atoms with E-state index in [-0.39, 0.29) is 35.4 Å². The average Bonchev–Trinajstić information content (AvgIpc) is 2.99. The van der Waals surface area contributed by atoms with Crippen molar-refractivity contribution in [3.05, 3.63) is 49.5 Å². The number of halogens is 2. The van der Waals surface area contributed by atoms with Gasteiger partial charge < -0.3 is 15.2 Å². The van der Waals surface area contributed by atoms with Crippen LogP contribution in [0.25, 0.3) is 10.2 Å². The van der Waals surface area contributed by atoms with E-state index in [9.17, 15) is 9.59 Å². The molecule has 146 valence electrons. The molecule has 0 aliphatic carbocycles. The molecule has 10 heteroatoms. The molecule has 0 unspecified atom stereocenters. The molecule has 0 aliphatic rings. The first kappa shape index (κ1) is 20.5. The highest BCUT2D eigenvalue weighted by Crippen LogP contribution is 2.33. The lowest BCUT2D eigenvalue weighted by Crippen LogP contribution is -2.09. The number of hydrogen-bond donors (Lipinski definition) is 1. The number of hydrogen-bond acceptors (Lipinski definition) is 8. The second kappa shape index (κ2) is 8.42. The van der Waals surface area contributed by atoms with Gasteiger partial charge in [0.2, 0.25) is 0 Å². The molecule has 0 saturated carbocycles. The Morgan fingerprint density at radius 2 is 2.00 bits per heavy atom. The van der Waals surface area contributed by atoms with Crippen molar-refractivity contribution in [2.45, 2.75) is 20.5 Å². The third-order valence-electron chi connectivity index (χ3n) is 3.81. The van der Waals surface area contributed by atoms with Crippen LogP contribution in [0.4, 0.5) is 5.82 Å². The Labute approximate surface area is 178 Å². The van der Waals surface area contributed by atoms with E-state index in [1.165, 1.54) is 0 Å². The standard InChI is InChI=1S/C18H15BrClN3O4S/c1-3-26-18(25)14-8(2)13-15(21)22-12(23-16(13)28-14)7-27-17(24)10-6-9(19)4-5-11(10)20/h4-6H,3,7H2,1-2H3,(H2,21,22,23). The molecule has 3 rings (SSSR count). The third kappa shape index (κ3) is 4.11. The van der Waals surface area contributed by atoms with Crippen LogP contribution in [-0.4, -0.2) is 28.5 Å². The van der Waals surface area contributed by atoms with Crippen LogP contribution >= 0.6 is 38.9 Å². The maximum Gasteiger partial charge on any atom is 0.348 e. The zero-order valence-corrected chi connectivity index (χ0v) is 18.1. The Kier molecular flexibility index (Phi) is 6.17. The number of thiophene rings is 1. The highest BCUT2D eigenvalue weighted by Gasteiger charge is 2.21. The predicted molar refractivity (Wildman–Crippen MR) is 111 cm³/mol. The van der Waals surface area contributed by atoms with Gasteiger partial charge in [0, 0.05) is 4.47 Å². The lowest BCUT2D eigenvalue weighted by molar-refractivity contribution is 0.0461. The van der Waals surface area contributed by atoms with Crippen molar-refractivity contribution in [1.82, 2.24) is 9.97 Å². The van der Waals surface area contributed by atoms with Gasteiger partial charge in [-0.25, -0.2) is 19.6 Å². The summed E-state index contributed by atoms with van der Waals surface area (Å²) in [4.78, 5) is 33.9. The zero-order valence-electron chi connectivity index (χ0n) is 14.9. The summed E-state index contributed by atoms with van der Waals surface area (Å²) in [7, 11) is 0. The number of ether oxygens (including phenoxy) is 2. The molecule has 1 aromatic carbocycles. The molecule has 3 aromatic rings. The van der Waals surface area contributed by atoms with E-state index in [4.69, 9.17) is 26.8 Å². The largest absolute Gasteiger partial charge is 0.462 e. The normalized spacial score (nSPS) is 10.9. The summed E-state index contributed by atoms with van der Waals surface area (Å²) in [6.07, 6.45) is 0. The molecule has 0 aliphatic heterocycles. The third-order valence-corrected chi connectivity index (χ3v) is 5.79. The van der Waals surface area contributed by atoms with Gasteiger partial charge >= 0.3 is 11.9 Å². The molecule has 0 spiro atoms. The molecule has 7 nitrogen and oxygen atoms in total. The second-order valence-corrected chi connectivity index (χ2v) is 8.00. The van der Waals surface area contributed by atoms with Gasteiger partial charge in [-0.3, -0.25) is 0 Å². The van der Waals surface area contributed by atoms with Crippen LogP contribution in [0.5, 0.6) is 0 Å². The van der Waals surface area contributed by atoms with E-state index < -0.39 is 11.9 Å². The summed E-state index contributed by atoms with van der Waals surface area (Å²) in [5.74, 6) is -0.607. The summed E-state index contributed by atoms with van der Waals surface area (Å²) in [6, 6.07) is 4.88. The molecule has 0 atom stereocenters. The number of carbonyl (C=O) groups excluding carboxylic acids is 2. The van der Waals surface area contributed by atoms with Crippen LogP contribution in [0, 0.1) is 6.92 Å². The lowest BCUT2D eigenvalue weighted by atomic mass is 10.2. The first-order valence-electron chi connectivity index (χ1n) is 8.16. The number of rotatable bonds is 5. The number of aryl methyl sites for hydroxylation is 1. The maximum absolute atomic E-state index is 12.3. The number of anilines is 1. The SMILES string of the molecule is CCOC(=O)c1sc2nc(COC(=O)c3cc(Br)ccc3Cl)nc(N)c2c1C. The smallest absolute Gasteiger partial charge is 0.348 e. The van der Waals surface area contributed by atoms with Crippen molar-refractivity contribution < 1.29 is 19.1 Å². The molecule has 2 heterocycles. The van der Waals surface area contributed by atoms with Crippen molar-refractivity contribution in [2.24, 2.45) is 0 Å². The lowest BCUT2D eigenvalue weighted by Gasteiger charge is -2.07. The average molecular weight is 485 g/mol. The highest BCUT2D eigenvalue weighted by atomic mass is 79.9. The number of aromatic nitrogens is 2. The minimum Gasteiger partial charge on any atom is -0.462 e. The fourth-order valence-corrected chi connectivity index (χ4v) is 4.19. The van der Waals surface area contributed by atoms with Gasteiger partial charge in [0.1, 0.15) is 15.5 Å². The number of fused-ring (bicyclic) bond motifs is 1. The topological polar surface area (TPSA) is 104 Å². The van der Waals surface area contributed by atoms with Crippen LogP contribution in [0.2, 0.25) is 5.02 Å². The fourth-order valence-electron chi connectivity index (χ4n) is 2.53. The van der Waals surface area contributed by atoms with E-state index in [2.05, 4.69) is 25.9 Å². The number of esters is 2. The highest BCUT2D eigenvalue weighted by molar-refractivity contribution is 9.10. The van der Waals surface area contributed by atoms with Crippen molar-refractivity contribution in [3.8, 4) is 0 Å². The van der Waals surface area contributed by atoms with E-state index in [0.717, 1.165) is 11.3 Å². The number of nitrogen functional groups attached to an aromatic ring is 1. The molecule has 0 amide bonds. The molecule has 0 fully saturated rings. The minimum absolute atomic E-state index is 0.187. The van der Waals surface area contributed by atoms with Crippen LogP contribution in [0.3, 0.4) is 0 Å². The summed E-state index contributed by atoms with van der Waals surface area (Å²) in [6.45, 7) is 3.58. The molecule has 2 N–H and O–H groups in total. The maximum atomic E-state index is 12.3. The van der Waals surface area contributed by atoms with E-state index >= 15 is 0 Å². The van der Waals surface area contributed by atoms with Crippen molar-refractivity contribution in [1.29, 1.82) is 0 Å². The molecular formula is C18H15BrClN3O4S. The van der Waals surface area contributed by atoms with Gasteiger partial charge in [-0.15, -0.1) is 11.3 Å². The Hall–Kier alpha value is -2.23. The monoisotopic (exact) mass is 483 g/mol. The Bertz CT molecular complexity index is 1090. The molecule has 0 radical (unpaired) electrons. The van der Waals surface area contributed by atoms with E-state index in [0.29, 0.717) is 25.1 Å². The summed E-state index contributed by atoms with van der Waals surface area (Å²) >= 11 is 10.5. The van der Waals surface area contributed by atoms with Gasteiger partial charge in [-0.05, 0) is 37.6 Å². The molecule has 2 aromatic heterocycles. The number of carbonyl (C=O) groups is 2. The fraction of sp³-hybridized carbons (Fsp3) is 0.222. The van der Waals surface area contributed by atoms with Gasteiger partial charge in [-0.1, -0.05) is 27.5 Å². The number of nitrogens with zero attached hydrogens (tertiary/aromatic N) is 2. The Balaban J connectivity index is 1.85. The first-order chi connectivity index (χ1) is 13.3. The van der Waals surface area contributed by atoms with Crippen LogP contribution in [0.15, 0.2) is 22.7 Å². The predicted octanol–water partition coefficient (Wildman–Crippen LogP) is 4.53. The zero-order chi connectivity index (χ0) is 20.4. The van der Waals surface area contributed by atoms with E-state index in [1.54, 1.807) is 32.0 Å². The quantitative estimate of drug-likeness (QED) is 0.530. The molecule has 0 saturated heterocycles. The van der Waals surface area contributed by atoms with Crippen molar-refractivity contribution in [2.75, 3.05) is 12.3 Å². The minimum atomic E-state index is -0.608. The van der Waals surface area contributed by atoms with Crippen LogP contribution in [-0.2, 0) is 16.1 Å². The van der Waals surface area contributed by atoms with Gasteiger partial charge in [0.15, 0.2) is 12.4 Å². The van der Waals surface area contributed by atoms with Crippen molar-refractivity contribution >= 4 is 66.8 Å². The van der Waals surface area contributed by atoms with Gasteiger partial charge in [0.25, 0.3) is 0 Å². The molecule has 28 heavy (non-hydrogen) atoms. The Morgan fingerprint density at radius 3 is 2.71 bits per heavy atom.